The highest BCUT2D eigenvalue weighted by molar-refractivity contribution is 5.98. The Morgan fingerprint density at radius 3 is 2.57 bits per heavy atom. The third-order valence-corrected chi connectivity index (χ3v) is 7.12. The number of aromatic nitrogens is 3. The molecule has 6 rings (SSSR count). The van der Waals surface area contributed by atoms with Crippen molar-refractivity contribution in [2.75, 3.05) is 31.4 Å². The van der Waals surface area contributed by atoms with Crippen LogP contribution in [0.15, 0.2) is 35.5 Å². The monoisotopic (exact) mass is 503 g/mol. The number of carbonyl (C=O) groups is 1. The molecule has 188 valence electrons. The van der Waals surface area contributed by atoms with Crippen LogP contribution >= 0.6 is 0 Å². The summed E-state index contributed by atoms with van der Waals surface area (Å²) in [6.45, 7) is 0. The average molecular weight is 504 g/mol. The maximum atomic E-state index is 15.2. The molecule has 0 saturated heterocycles. The molecule has 4 aromatic rings. The normalized spacial score (nSPS) is 14.0. The van der Waals surface area contributed by atoms with Crippen molar-refractivity contribution in [3.63, 3.8) is 0 Å². The number of halogens is 2. The fourth-order valence-electron chi connectivity index (χ4n) is 5.28. The topological polar surface area (TPSA) is 100 Å². The van der Waals surface area contributed by atoms with Crippen LogP contribution < -0.4 is 15.6 Å². The minimum Gasteiger partial charge on any atom is -0.477 e. The van der Waals surface area contributed by atoms with Crippen LogP contribution in [-0.4, -0.2) is 46.8 Å². The number of benzene rings is 1. The molecule has 0 amide bonds. The van der Waals surface area contributed by atoms with Gasteiger partial charge in [-0.25, -0.2) is 18.6 Å². The number of nitrogens with one attached hydrogen (secondary N) is 1. The number of pyridine rings is 3. The van der Waals surface area contributed by atoms with Gasteiger partial charge in [0.05, 0.1) is 16.8 Å². The van der Waals surface area contributed by atoms with Gasteiger partial charge < -0.3 is 19.9 Å². The van der Waals surface area contributed by atoms with Crippen LogP contribution in [0.2, 0.25) is 0 Å². The summed E-state index contributed by atoms with van der Waals surface area (Å²) < 4.78 is 31.5. The molecule has 37 heavy (non-hydrogen) atoms. The van der Waals surface area contributed by atoms with E-state index in [1.54, 1.807) is 49.1 Å². The fourth-order valence-corrected chi connectivity index (χ4v) is 5.28. The minimum absolute atomic E-state index is 0.106. The maximum Gasteiger partial charge on any atom is 0.341 e. The number of hydrogen-bond acceptors (Lipinski definition) is 6. The number of nitrogens with zero attached hydrogens (tertiary/aromatic N) is 4. The van der Waals surface area contributed by atoms with Gasteiger partial charge in [0.1, 0.15) is 11.2 Å². The zero-order valence-electron chi connectivity index (χ0n) is 20.4. The number of carboxylic acids is 1. The molecule has 1 saturated carbocycles. The van der Waals surface area contributed by atoms with E-state index in [-0.39, 0.29) is 22.6 Å². The third kappa shape index (κ3) is 3.39. The second kappa shape index (κ2) is 8.09. The Hall–Kier alpha value is -4.34. The van der Waals surface area contributed by atoms with Crippen LogP contribution in [0.4, 0.5) is 20.2 Å². The first-order chi connectivity index (χ1) is 17.7. The van der Waals surface area contributed by atoms with Gasteiger partial charge in [-0.2, -0.15) is 0 Å². The lowest BCUT2D eigenvalue weighted by Gasteiger charge is -2.22. The Bertz CT molecular complexity index is 1710. The Balaban J connectivity index is 1.63. The van der Waals surface area contributed by atoms with E-state index in [4.69, 9.17) is 0 Å². The molecule has 3 heterocycles. The van der Waals surface area contributed by atoms with Gasteiger partial charge in [-0.05, 0) is 24.5 Å². The Kier molecular flexibility index (Phi) is 5.05. The number of anilines is 2. The number of aromatic carboxylic acids is 1. The largest absolute Gasteiger partial charge is 0.477 e. The van der Waals surface area contributed by atoms with Crippen molar-refractivity contribution in [2.45, 2.75) is 25.3 Å². The Morgan fingerprint density at radius 2 is 1.92 bits per heavy atom. The molecule has 2 aliphatic rings. The average Bonchev–Trinajstić information content (AvgIpc) is 3.64. The molecule has 0 bridgehead atoms. The molecule has 1 aromatic carbocycles. The van der Waals surface area contributed by atoms with E-state index in [0.717, 1.165) is 18.9 Å². The van der Waals surface area contributed by atoms with Crippen LogP contribution in [0.5, 0.6) is 0 Å². The number of rotatable bonds is 5. The maximum absolute atomic E-state index is 15.2. The summed E-state index contributed by atoms with van der Waals surface area (Å²) in [5, 5.41) is 12.8. The van der Waals surface area contributed by atoms with Gasteiger partial charge in [-0.15, -0.1) is 0 Å². The van der Waals surface area contributed by atoms with Crippen molar-refractivity contribution in [1.82, 2.24) is 14.5 Å². The van der Waals surface area contributed by atoms with Crippen LogP contribution in [0.1, 0.15) is 40.5 Å². The molecule has 0 spiro atoms. The molecule has 3 aromatic heterocycles. The summed E-state index contributed by atoms with van der Waals surface area (Å²) in [5.41, 5.74) is 3.55. The quantitative estimate of drug-likeness (QED) is 0.366. The predicted octanol–water partition coefficient (Wildman–Crippen LogP) is 4.45. The van der Waals surface area contributed by atoms with E-state index < -0.39 is 23.0 Å². The summed E-state index contributed by atoms with van der Waals surface area (Å²) >= 11 is 0. The van der Waals surface area contributed by atoms with Crippen molar-refractivity contribution in [1.29, 1.82) is 0 Å². The van der Waals surface area contributed by atoms with Gasteiger partial charge in [-0.1, -0.05) is 0 Å². The van der Waals surface area contributed by atoms with E-state index >= 15 is 4.39 Å². The third-order valence-electron chi connectivity index (χ3n) is 7.12. The van der Waals surface area contributed by atoms with E-state index in [9.17, 15) is 19.1 Å². The van der Waals surface area contributed by atoms with Crippen molar-refractivity contribution in [3.05, 3.63) is 69.4 Å². The molecular weight excluding hydrogens is 480 g/mol. The SMILES string of the molecule is CNc1cc(F)c(F)c2c1Cc1ncc(-c3cnc4c(c3)c(=O)c(C(=O)O)cn4C3CC3)c(N(C)C)c1-2. The zero-order chi connectivity index (χ0) is 26.2. The highest BCUT2D eigenvalue weighted by Crippen LogP contribution is 2.49. The molecule has 2 aliphatic carbocycles. The van der Waals surface area contributed by atoms with E-state index in [2.05, 4.69) is 15.3 Å². The molecule has 0 aliphatic heterocycles. The summed E-state index contributed by atoms with van der Waals surface area (Å²) in [6, 6.07) is 2.87. The summed E-state index contributed by atoms with van der Waals surface area (Å²) in [4.78, 5) is 35.9. The van der Waals surface area contributed by atoms with E-state index in [0.29, 0.717) is 51.4 Å². The van der Waals surface area contributed by atoms with Crippen LogP contribution in [0.25, 0.3) is 33.3 Å². The smallest absolute Gasteiger partial charge is 0.341 e. The summed E-state index contributed by atoms with van der Waals surface area (Å²) in [5.74, 6) is -3.19. The molecular formula is C27H23F2N5O3. The lowest BCUT2D eigenvalue weighted by molar-refractivity contribution is 0.0695. The molecule has 0 unspecified atom stereocenters. The van der Waals surface area contributed by atoms with Gasteiger partial charge in [0.15, 0.2) is 11.6 Å². The second-order valence-corrected chi connectivity index (χ2v) is 9.65. The van der Waals surface area contributed by atoms with Crippen molar-refractivity contribution in [2.24, 2.45) is 0 Å². The summed E-state index contributed by atoms with van der Waals surface area (Å²) in [6.07, 6.45) is 6.72. The lowest BCUT2D eigenvalue weighted by atomic mass is 9.97. The number of fused-ring (bicyclic) bond motifs is 4. The first kappa shape index (κ1) is 23.1. The zero-order valence-corrected chi connectivity index (χ0v) is 20.4. The molecule has 2 N–H and O–H groups in total. The van der Waals surface area contributed by atoms with Crippen LogP contribution in [0.3, 0.4) is 0 Å². The minimum atomic E-state index is -1.30. The van der Waals surface area contributed by atoms with Gasteiger partial charge in [0.2, 0.25) is 5.43 Å². The Morgan fingerprint density at radius 1 is 1.16 bits per heavy atom. The highest BCUT2D eigenvalue weighted by Gasteiger charge is 2.33. The van der Waals surface area contributed by atoms with Gasteiger partial charge in [0.25, 0.3) is 0 Å². The molecule has 8 nitrogen and oxygen atoms in total. The van der Waals surface area contributed by atoms with Crippen LogP contribution in [0, 0.1) is 11.6 Å². The number of hydrogen-bond donors (Lipinski definition) is 2. The summed E-state index contributed by atoms with van der Waals surface area (Å²) in [7, 11) is 5.25. The van der Waals surface area contributed by atoms with Crippen molar-refractivity contribution >= 4 is 28.4 Å². The highest BCUT2D eigenvalue weighted by atomic mass is 19.2. The van der Waals surface area contributed by atoms with Gasteiger partial charge in [0, 0.05) is 86.2 Å². The van der Waals surface area contributed by atoms with E-state index in [1.165, 1.54) is 6.20 Å². The van der Waals surface area contributed by atoms with Gasteiger partial charge in [-0.3, -0.25) is 9.78 Å². The molecule has 1 fully saturated rings. The fraction of sp³-hybridized carbons (Fsp3) is 0.259. The van der Waals surface area contributed by atoms with Gasteiger partial charge >= 0.3 is 5.97 Å². The molecule has 10 heteroatoms. The number of carboxylic acid groups (broad SMARTS) is 1. The standard InChI is InChI=1S/C27H23F2N5O3/c1-30-19-8-18(28)23(29)21-14(19)7-20-22(21)24(33(2)3)16(10-31-20)12-6-15-25(35)17(27(36)37)11-34(13-4-5-13)26(15)32-9-12/h6,8-11,13,30H,4-5,7H2,1-3H3,(H,36,37). The first-order valence-electron chi connectivity index (χ1n) is 11.9. The van der Waals surface area contributed by atoms with E-state index in [1.807, 2.05) is 0 Å². The molecule has 0 radical (unpaired) electrons. The van der Waals surface area contributed by atoms with Crippen molar-refractivity contribution in [3.8, 4) is 22.3 Å². The second-order valence-electron chi connectivity index (χ2n) is 9.65. The Labute approximate surface area is 210 Å². The molecule has 0 atom stereocenters. The van der Waals surface area contributed by atoms with Crippen LogP contribution in [-0.2, 0) is 6.42 Å². The lowest BCUT2D eigenvalue weighted by Crippen LogP contribution is -2.19. The van der Waals surface area contributed by atoms with Crippen molar-refractivity contribution < 1.29 is 18.7 Å². The predicted molar refractivity (Wildman–Crippen MR) is 136 cm³/mol. The first-order valence-corrected chi connectivity index (χ1v) is 11.9.